The van der Waals surface area contributed by atoms with Crippen LogP contribution in [0.5, 0.6) is 0 Å². The van der Waals surface area contributed by atoms with Crippen molar-refractivity contribution in [2.75, 3.05) is 6.54 Å². The van der Waals surface area contributed by atoms with E-state index in [4.69, 9.17) is 0 Å². The molecule has 19 heavy (non-hydrogen) atoms. The molecule has 1 fully saturated rings. The minimum atomic E-state index is -3.46. The highest BCUT2D eigenvalue weighted by atomic mass is 79.9. The van der Waals surface area contributed by atoms with Crippen molar-refractivity contribution in [1.29, 1.82) is 0 Å². The maximum absolute atomic E-state index is 12.4. The van der Waals surface area contributed by atoms with Crippen molar-refractivity contribution >= 4 is 26.0 Å². The Hall–Kier alpha value is -0.430. The van der Waals surface area contributed by atoms with E-state index in [9.17, 15) is 8.42 Å². The lowest BCUT2D eigenvalue weighted by Crippen LogP contribution is -2.46. The van der Waals surface area contributed by atoms with E-state index in [1.165, 1.54) is 0 Å². The van der Waals surface area contributed by atoms with E-state index < -0.39 is 10.0 Å². The molecule has 0 bridgehead atoms. The Balaban J connectivity index is 2.18. The Kier molecular flexibility index (Phi) is 4.66. The number of aryl methyl sites for hydroxylation is 1. The highest BCUT2D eigenvalue weighted by Gasteiger charge is 2.25. The smallest absolute Gasteiger partial charge is 0.241 e. The average Bonchev–Trinajstić information content (AvgIpc) is 2.27. The minimum absolute atomic E-state index is 0.00875. The van der Waals surface area contributed by atoms with E-state index in [1.807, 2.05) is 19.1 Å². The van der Waals surface area contributed by atoms with Gasteiger partial charge in [-0.2, -0.15) is 0 Å². The number of nitrogens with one attached hydrogen (secondary N) is 2. The first-order valence-corrected chi connectivity index (χ1v) is 8.68. The Morgan fingerprint density at radius 2 is 2.16 bits per heavy atom. The molecule has 1 aliphatic rings. The summed E-state index contributed by atoms with van der Waals surface area (Å²) in [6.07, 6.45) is 1.65. The molecule has 1 heterocycles. The molecular formula is C13H19BrN2O2S. The standard InChI is InChI=1S/C13H19BrN2O2S/c1-9-3-4-13(12(14)7-9)19(17,18)16-11-5-6-15-10(2)8-11/h3-4,7,10-11,15-16H,5-6,8H2,1-2H3. The van der Waals surface area contributed by atoms with E-state index >= 15 is 0 Å². The predicted octanol–water partition coefficient (Wildman–Crippen LogP) is 2.18. The van der Waals surface area contributed by atoms with Crippen LogP contribution in [-0.2, 0) is 10.0 Å². The van der Waals surface area contributed by atoms with Crippen LogP contribution in [0.1, 0.15) is 25.3 Å². The fraction of sp³-hybridized carbons (Fsp3) is 0.538. The molecule has 2 atom stereocenters. The summed E-state index contributed by atoms with van der Waals surface area (Å²) in [6.45, 7) is 4.86. The first kappa shape index (κ1) is 15.0. The number of benzene rings is 1. The molecular weight excluding hydrogens is 328 g/mol. The molecule has 2 unspecified atom stereocenters. The van der Waals surface area contributed by atoms with Gasteiger partial charge in [-0.05, 0) is 66.9 Å². The lowest BCUT2D eigenvalue weighted by atomic mass is 10.0. The quantitative estimate of drug-likeness (QED) is 0.881. The van der Waals surface area contributed by atoms with Gasteiger partial charge in [-0.1, -0.05) is 6.07 Å². The van der Waals surface area contributed by atoms with Gasteiger partial charge in [0, 0.05) is 16.6 Å². The van der Waals surface area contributed by atoms with Crippen molar-refractivity contribution in [1.82, 2.24) is 10.0 Å². The average molecular weight is 347 g/mol. The van der Waals surface area contributed by atoms with Gasteiger partial charge in [-0.25, -0.2) is 13.1 Å². The Bertz CT molecular complexity index is 560. The number of piperidine rings is 1. The molecule has 0 amide bonds. The second-order valence-electron chi connectivity index (χ2n) is 5.13. The van der Waals surface area contributed by atoms with Crippen molar-refractivity contribution in [3.8, 4) is 0 Å². The molecule has 2 rings (SSSR count). The first-order valence-electron chi connectivity index (χ1n) is 6.40. The summed E-state index contributed by atoms with van der Waals surface area (Å²) in [6, 6.07) is 5.63. The van der Waals surface area contributed by atoms with Crippen molar-refractivity contribution in [2.24, 2.45) is 0 Å². The number of sulfonamides is 1. The number of hydrogen-bond donors (Lipinski definition) is 2. The van der Waals surface area contributed by atoms with Crippen LogP contribution in [0.2, 0.25) is 0 Å². The van der Waals surface area contributed by atoms with Crippen molar-refractivity contribution in [3.63, 3.8) is 0 Å². The van der Waals surface area contributed by atoms with Gasteiger partial charge in [-0.15, -0.1) is 0 Å². The number of halogens is 1. The molecule has 4 nitrogen and oxygen atoms in total. The lowest BCUT2D eigenvalue weighted by molar-refractivity contribution is 0.361. The summed E-state index contributed by atoms with van der Waals surface area (Å²) in [5.41, 5.74) is 1.03. The predicted molar refractivity (Wildman–Crippen MR) is 79.7 cm³/mol. The third-order valence-electron chi connectivity index (χ3n) is 3.32. The summed E-state index contributed by atoms with van der Waals surface area (Å²) >= 11 is 3.33. The maximum atomic E-state index is 12.4. The Labute approximate surface area is 123 Å². The Morgan fingerprint density at radius 1 is 1.42 bits per heavy atom. The molecule has 1 aromatic rings. The highest BCUT2D eigenvalue weighted by molar-refractivity contribution is 9.10. The van der Waals surface area contributed by atoms with E-state index in [2.05, 4.69) is 32.9 Å². The van der Waals surface area contributed by atoms with Gasteiger partial charge >= 0.3 is 0 Å². The minimum Gasteiger partial charge on any atom is -0.314 e. The molecule has 0 spiro atoms. The van der Waals surface area contributed by atoms with E-state index in [0.29, 0.717) is 15.4 Å². The van der Waals surface area contributed by atoms with Gasteiger partial charge in [0.1, 0.15) is 0 Å². The lowest BCUT2D eigenvalue weighted by Gasteiger charge is -2.28. The molecule has 0 aliphatic carbocycles. The van der Waals surface area contributed by atoms with Crippen molar-refractivity contribution in [3.05, 3.63) is 28.2 Å². The monoisotopic (exact) mass is 346 g/mol. The molecule has 0 saturated carbocycles. The van der Waals surface area contributed by atoms with Crippen molar-refractivity contribution < 1.29 is 8.42 Å². The summed E-state index contributed by atoms with van der Waals surface area (Å²) in [5, 5.41) is 3.31. The third kappa shape index (κ3) is 3.78. The maximum Gasteiger partial charge on any atom is 0.241 e. The van der Waals surface area contributed by atoms with Gasteiger partial charge < -0.3 is 5.32 Å². The summed E-state index contributed by atoms with van der Waals surface area (Å²) in [4.78, 5) is 0.310. The molecule has 0 radical (unpaired) electrons. The molecule has 1 aromatic carbocycles. The third-order valence-corrected chi connectivity index (χ3v) is 5.82. The summed E-state index contributed by atoms with van der Waals surface area (Å²) in [7, 11) is -3.46. The van der Waals surface area contributed by atoms with Crippen LogP contribution >= 0.6 is 15.9 Å². The van der Waals surface area contributed by atoms with E-state index in [1.54, 1.807) is 6.07 Å². The second kappa shape index (κ2) is 5.91. The van der Waals surface area contributed by atoms with Crippen LogP contribution in [0.3, 0.4) is 0 Å². The van der Waals surface area contributed by atoms with Gasteiger partial charge in [0.25, 0.3) is 0 Å². The van der Waals surface area contributed by atoms with Crippen LogP contribution < -0.4 is 10.0 Å². The second-order valence-corrected chi connectivity index (χ2v) is 7.67. The largest absolute Gasteiger partial charge is 0.314 e. The van der Waals surface area contributed by atoms with Crippen LogP contribution in [0.25, 0.3) is 0 Å². The zero-order chi connectivity index (χ0) is 14.0. The van der Waals surface area contributed by atoms with Crippen LogP contribution in [-0.4, -0.2) is 27.0 Å². The molecule has 1 saturated heterocycles. The number of hydrogen-bond acceptors (Lipinski definition) is 3. The fourth-order valence-corrected chi connectivity index (χ4v) is 4.82. The van der Waals surface area contributed by atoms with Gasteiger partial charge in [0.2, 0.25) is 10.0 Å². The number of rotatable bonds is 3. The normalized spacial score (nSPS) is 24.4. The van der Waals surface area contributed by atoms with Crippen LogP contribution in [0.15, 0.2) is 27.6 Å². The van der Waals surface area contributed by atoms with Crippen LogP contribution in [0.4, 0.5) is 0 Å². The topological polar surface area (TPSA) is 58.2 Å². The van der Waals surface area contributed by atoms with Gasteiger partial charge in [0.05, 0.1) is 4.90 Å². The Morgan fingerprint density at radius 3 is 2.79 bits per heavy atom. The highest BCUT2D eigenvalue weighted by Crippen LogP contribution is 2.24. The summed E-state index contributed by atoms with van der Waals surface area (Å²) < 4.78 is 28.2. The van der Waals surface area contributed by atoms with Crippen LogP contribution in [0, 0.1) is 6.92 Å². The van der Waals surface area contributed by atoms with E-state index in [0.717, 1.165) is 24.9 Å². The zero-order valence-corrected chi connectivity index (χ0v) is 13.5. The molecule has 1 aliphatic heterocycles. The first-order chi connectivity index (χ1) is 8.88. The molecule has 6 heteroatoms. The van der Waals surface area contributed by atoms with Crippen molar-refractivity contribution in [2.45, 2.75) is 43.7 Å². The fourth-order valence-electron chi connectivity index (χ4n) is 2.35. The molecule has 106 valence electrons. The van der Waals surface area contributed by atoms with Gasteiger partial charge in [-0.3, -0.25) is 0 Å². The molecule has 2 N–H and O–H groups in total. The van der Waals surface area contributed by atoms with E-state index in [-0.39, 0.29) is 6.04 Å². The molecule has 0 aromatic heterocycles. The zero-order valence-electron chi connectivity index (χ0n) is 11.1. The summed E-state index contributed by atoms with van der Waals surface area (Å²) in [5.74, 6) is 0. The SMILES string of the molecule is Cc1ccc(S(=O)(=O)NC2CCNC(C)C2)c(Br)c1. The van der Waals surface area contributed by atoms with Gasteiger partial charge in [0.15, 0.2) is 0 Å².